The summed E-state index contributed by atoms with van der Waals surface area (Å²) in [4.78, 5) is 23.0. The molecule has 0 spiro atoms. The third-order valence-electron chi connectivity index (χ3n) is 2.84. The Morgan fingerprint density at radius 1 is 1.47 bits per heavy atom. The van der Waals surface area contributed by atoms with Crippen LogP contribution in [0, 0.1) is 6.92 Å². The highest BCUT2D eigenvalue weighted by Gasteiger charge is 2.16. The van der Waals surface area contributed by atoms with E-state index in [2.05, 4.69) is 21.0 Å². The maximum atomic E-state index is 11.8. The maximum absolute atomic E-state index is 11.8. The zero-order chi connectivity index (χ0) is 14.2. The van der Waals surface area contributed by atoms with Crippen molar-refractivity contribution in [3.05, 3.63) is 50.1 Å². The predicted octanol–water partition coefficient (Wildman–Crippen LogP) is 1.40. The second-order valence-corrected chi connectivity index (χ2v) is 4.90. The molecule has 0 saturated carbocycles. The first-order chi connectivity index (χ1) is 8.91. The van der Waals surface area contributed by atoms with Crippen molar-refractivity contribution in [2.75, 3.05) is 0 Å². The Kier molecular flexibility index (Phi) is 3.57. The fourth-order valence-electron chi connectivity index (χ4n) is 1.87. The van der Waals surface area contributed by atoms with Crippen LogP contribution >= 0.6 is 15.9 Å². The minimum Gasteiger partial charge on any atom is -0.477 e. The lowest BCUT2D eigenvalue weighted by molar-refractivity contribution is 0.0684. The smallest absolute Gasteiger partial charge is 0.352 e. The summed E-state index contributed by atoms with van der Waals surface area (Å²) < 4.78 is 3.62. The van der Waals surface area contributed by atoms with E-state index in [0.717, 1.165) is 15.9 Å². The highest BCUT2D eigenvalue weighted by Crippen LogP contribution is 2.21. The Hall–Kier alpha value is -1.89. The molecule has 0 fully saturated rings. The number of pyridine rings is 1. The zero-order valence-electron chi connectivity index (χ0n) is 10.4. The molecule has 0 aliphatic rings. The van der Waals surface area contributed by atoms with Gasteiger partial charge in [-0.3, -0.25) is 14.0 Å². The highest BCUT2D eigenvalue weighted by molar-refractivity contribution is 9.10. The Balaban J connectivity index is 2.55. The van der Waals surface area contributed by atoms with Gasteiger partial charge >= 0.3 is 5.97 Å². The molecule has 100 valence electrons. The van der Waals surface area contributed by atoms with Crippen LogP contribution in [0.2, 0.25) is 0 Å². The lowest BCUT2D eigenvalue weighted by atomic mass is 10.3. The summed E-state index contributed by atoms with van der Waals surface area (Å²) in [5.41, 5.74) is 1.13. The van der Waals surface area contributed by atoms with Crippen molar-refractivity contribution in [2.24, 2.45) is 7.05 Å². The van der Waals surface area contributed by atoms with Crippen LogP contribution in [-0.4, -0.2) is 25.4 Å². The molecule has 19 heavy (non-hydrogen) atoms. The summed E-state index contributed by atoms with van der Waals surface area (Å²) in [5.74, 6) is -1.13. The topological polar surface area (TPSA) is 77.1 Å². The Morgan fingerprint density at radius 2 is 2.16 bits per heavy atom. The molecule has 0 radical (unpaired) electrons. The first kappa shape index (κ1) is 13.5. The number of nitrogens with zero attached hydrogens (tertiary/aromatic N) is 3. The number of carboxylic acid groups (broad SMARTS) is 1. The molecule has 0 atom stereocenters. The van der Waals surface area contributed by atoms with Gasteiger partial charge in [0.25, 0.3) is 5.56 Å². The lowest BCUT2D eigenvalue weighted by Crippen LogP contribution is -2.26. The second-order valence-electron chi connectivity index (χ2n) is 4.11. The summed E-state index contributed by atoms with van der Waals surface area (Å²) in [7, 11) is 1.75. The van der Waals surface area contributed by atoms with Gasteiger partial charge in [-0.25, -0.2) is 4.79 Å². The summed E-state index contributed by atoms with van der Waals surface area (Å²) in [6, 6.07) is 4.18. The SMILES string of the molecule is Cc1nn(C)c(Cn2c(C(=O)O)cccc2=O)c1Br. The minimum absolute atomic E-state index is 0.0433. The molecule has 0 aliphatic heterocycles. The minimum atomic E-state index is -1.13. The van der Waals surface area contributed by atoms with Gasteiger partial charge in [-0.05, 0) is 28.9 Å². The zero-order valence-corrected chi connectivity index (χ0v) is 12.0. The normalized spacial score (nSPS) is 10.7. The van der Waals surface area contributed by atoms with Crippen LogP contribution in [0.4, 0.5) is 0 Å². The van der Waals surface area contributed by atoms with Gasteiger partial charge in [0, 0.05) is 13.1 Å². The van der Waals surface area contributed by atoms with Gasteiger partial charge in [-0.1, -0.05) is 6.07 Å². The molecule has 0 unspecified atom stereocenters. The van der Waals surface area contributed by atoms with Gasteiger partial charge in [-0.15, -0.1) is 0 Å². The fraction of sp³-hybridized carbons (Fsp3) is 0.250. The number of halogens is 1. The van der Waals surface area contributed by atoms with E-state index in [1.54, 1.807) is 11.7 Å². The number of carboxylic acids is 1. The first-order valence-corrected chi connectivity index (χ1v) is 6.32. The van der Waals surface area contributed by atoms with E-state index in [1.165, 1.54) is 22.8 Å². The van der Waals surface area contributed by atoms with E-state index in [1.807, 2.05) is 6.92 Å². The van der Waals surface area contributed by atoms with E-state index < -0.39 is 5.97 Å². The Morgan fingerprint density at radius 3 is 2.68 bits per heavy atom. The third-order valence-corrected chi connectivity index (χ3v) is 3.87. The number of aromatic nitrogens is 3. The van der Waals surface area contributed by atoms with Gasteiger partial charge in [-0.2, -0.15) is 5.10 Å². The van der Waals surface area contributed by atoms with Gasteiger partial charge in [0.2, 0.25) is 0 Å². The molecule has 0 aliphatic carbocycles. The summed E-state index contributed by atoms with van der Waals surface area (Å²) >= 11 is 3.40. The fourth-order valence-corrected chi connectivity index (χ4v) is 2.33. The molecule has 1 N–H and O–H groups in total. The average Bonchev–Trinajstić information content (AvgIpc) is 2.57. The number of rotatable bonds is 3. The van der Waals surface area contributed by atoms with Crippen LogP contribution < -0.4 is 5.56 Å². The molecule has 7 heteroatoms. The largest absolute Gasteiger partial charge is 0.477 e. The Labute approximate surface area is 117 Å². The maximum Gasteiger partial charge on any atom is 0.352 e. The van der Waals surface area contributed by atoms with Crippen LogP contribution in [0.25, 0.3) is 0 Å². The van der Waals surface area contributed by atoms with Crippen molar-refractivity contribution in [3.63, 3.8) is 0 Å². The van der Waals surface area contributed by atoms with Crippen molar-refractivity contribution < 1.29 is 9.90 Å². The van der Waals surface area contributed by atoms with E-state index in [-0.39, 0.29) is 17.8 Å². The van der Waals surface area contributed by atoms with Crippen LogP contribution in [0.1, 0.15) is 21.9 Å². The first-order valence-electron chi connectivity index (χ1n) is 5.53. The van der Waals surface area contributed by atoms with Crippen molar-refractivity contribution in [3.8, 4) is 0 Å². The number of carbonyl (C=O) groups is 1. The van der Waals surface area contributed by atoms with Crippen molar-refractivity contribution in [2.45, 2.75) is 13.5 Å². The third kappa shape index (κ3) is 2.46. The monoisotopic (exact) mass is 325 g/mol. The molecule has 0 saturated heterocycles. The molecular weight excluding hydrogens is 314 g/mol. The molecule has 6 nitrogen and oxygen atoms in total. The molecule has 2 aromatic rings. The molecule has 2 rings (SSSR count). The van der Waals surface area contributed by atoms with E-state index in [4.69, 9.17) is 5.11 Å². The summed E-state index contributed by atoms with van der Waals surface area (Å²) in [6.07, 6.45) is 0. The quantitative estimate of drug-likeness (QED) is 0.925. The number of hydrogen-bond donors (Lipinski definition) is 1. The van der Waals surface area contributed by atoms with E-state index in [9.17, 15) is 9.59 Å². The predicted molar refractivity (Wildman–Crippen MR) is 72.4 cm³/mol. The second kappa shape index (κ2) is 5.00. The van der Waals surface area contributed by atoms with Crippen molar-refractivity contribution in [1.29, 1.82) is 0 Å². The van der Waals surface area contributed by atoms with Crippen LogP contribution in [0.15, 0.2) is 27.5 Å². The van der Waals surface area contributed by atoms with Gasteiger partial charge < -0.3 is 5.11 Å². The van der Waals surface area contributed by atoms with Crippen LogP contribution in [0.5, 0.6) is 0 Å². The molecule has 0 bridgehead atoms. The summed E-state index contributed by atoms with van der Waals surface area (Å²) in [6.45, 7) is 1.98. The average molecular weight is 326 g/mol. The van der Waals surface area contributed by atoms with E-state index in [0.29, 0.717) is 0 Å². The van der Waals surface area contributed by atoms with Crippen LogP contribution in [-0.2, 0) is 13.6 Å². The van der Waals surface area contributed by atoms with Crippen molar-refractivity contribution in [1.82, 2.24) is 14.3 Å². The number of aryl methyl sites for hydroxylation is 2. The molecule has 0 amide bonds. The molecule has 2 heterocycles. The Bertz CT molecular complexity index is 703. The standard InChI is InChI=1S/C12H12BrN3O3/c1-7-11(13)9(15(2)14-7)6-16-8(12(18)19)4-3-5-10(16)17/h3-5H,6H2,1-2H3,(H,18,19). The molecular formula is C12H12BrN3O3. The van der Waals surface area contributed by atoms with E-state index >= 15 is 0 Å². The van der Waals surface area contributed by atoms with Gasteiger partial charge in [0.15, 0.2) is 0 Å². The lowest BCUT2D eigenvalue weighted by Gasteiger charge is -2.10. The molecule has 0 aromatic carbocycles. The highest BCUT2D eigenvalue weighted by atomic mass is 79.9. The number of hydrogen-bond acceptors (Lipinski definition) is 3. The van der Waals surface area contributed by atoms with Crippen LogP contribution in [0.3, 0.4) is 0 Å². The van der Waals surface area contributed by atoms with Crippen molar-refractivity contribution >= 4 is 21.9 Å². The number of aromatic carboxylic acids is 1. The molecule has 2 aromatic heterocycles. The van der Waals surface area contributed by atoms with Gasteiger partial charge in [0.1, 0.15) is 5.69 Å². The summed E-state index contributed by atoms with van der Waals surface area (Å²) in [5, 5.41) is 13.3. The van der Waals surface area contributed by atoms with Gasteiger partial charge in [0.05, 0.1) is 22.4 Å².